The molecule has 4 aromatic carbocycles. The third-order valence-electron chi connectivity index (χ3n) is 12.0. The summed E-state index contributed by atoms with van der Waals surface area (Å²) in [7, 11) is 0. The molecule has 61 heavy (non-hydrogen) atoms. The van der Waals surface area contributed by atoms with Crippen molar-refractivity contribution in [3.8, 4) is 28.4 Å². The average Bonchev–Trinajstić information content (AvgIpc) is 3.27. The maximum absolute atomic E-state index is 14.2. The van der Waals surface area contributed by atoms with Gasteiger partial charge < -0.3 is 34.9 Å². The summed E-state index contributed by atoms with van der Waals surface area (Å²) >= 11 is 12.2. The molecule has 3 atom stereocenters. The maximum Gasteiger partial charge on any atom is 0.326 e. The van der Waals surface area contributed by atoms with Gasteiger partial charge in [0.1, 0.15) is 31.0 Å². The molecule has 3 heterocycles. The molecule has 0 saturated heterocycles. The van der Waals surface area contributed by atoms with Crippen LogP contribution in [0.4, 0.5) is 4.79 Å². The number of nitrogens with one attached hydrogen (secondary N) is 2. The molecule has 8 rings (SSSR count). The van der Waals surface area contributed by atoms with Gasteiger partial charge in [0, 0.05) is 37.3 Å². The van der Waals surface area contributed by atoms with Crippen LogP contribution in [0.2, 0.25) is 10.0 Å². The third-order valence-corrected chi connectivity index (χ3v) is 12.7. The molecule has 1 saturated carbocycles. The Morgan fingerprint density at radius 3 is 2.36 bits per heavy atom. The summed E-state index contributed by atoms with van der Waals surface area (Å²) < 4.78 is 18.7. The Hall–Kier alpha value is -5.78. The quantitative estimate of drug-likeness (QED) is 0.119. The molecule has 5 aromatic rings. The molecule has 13 heteroatoms. The minimum absolute atomic E-state index is 0.00898. The van der Waals surface area contributed by atoms with Crippen molar-refractivity contribution in [3.05, 3.63) is 140 Å². The first-order valence-corrected chi connectivity index (χ1v) is 21.5. The molecule has 11 nitrogen and oxygen atoms in total. The van der Waals surface area contributed by atoms with Crippen molar-refractivity contribution in [1.82, 2.24) is 20.5 Å². The molecule has 1 unspecified atom stereocenters. The van der Waals surface area contributed by atoms with Crippen LogP contribution in [0.25, 0.3) is 11.1 Å². The second-order valence-electron chi connectivity index (χ2n) is 16.1. The van der Waals surface area contributed by atoms with Crippen LogP contribution in [0.15, 0.2) is 91.1 Å². The van der Waals surface area contributed by atoms with E-state index in [0.29, 0.717) is 33.9 Å². The van der Waals surface area contributed by atoms with E-state index in [2.05, 4.69) is 15.6 Å². The van der Waals surface area contributed by atoms with E-state index in [1.54, 1.807) is 18.3 Å². The summed E-state index contributed by atoms with van der Waals surface area (Å²) in [5.74, 6) is 0.0703. The fraction of sp³-hybridized carbons (Fsp3) is 0.333. The van der Waals surface area contributed by atoms with E-state index >= 15 is 0 Å². The van der Waals surface area contributed by atoms with Crippen LogP contribution in [-0.4, -0.2) is 57.6 Å². The largest absolute Gasteiger partial charge is 0.489 e. The van der Waals surface area contributed by atoms with Crippen LogP contribution in [-0.2, 0) is 35.6 Å². The van der Waals surface area contributed by atoms with Crippen LogP contribution in [0, 0.1) is 13.8 Å². The minimum Gasteiger partial charge on any atom is -0.489 e. The summed E-state index contributed by atoms with van der Waals surface area (Å²) in [6, 6.07) is 23.9. The lowest BCUT2D eigenvalue weighted by Gasteiger charge is -2.38. The first kappa shape index (κ1) is 41.9. The molecule has 1 fully saturated rings. The van der Waals surface area contributed by atoms with Gasteiger partial charge >= 0.3 is 12.0 Å². The zero-order valence-corrected chi connectivity index (χ0v) is 35.6. The zero-order valence-electron chi connectivity index (χ0n) is 34.1. The summed E-state index contributed by atoms with van der Waals surface area (Å²) in [5.41, 5.74) is 8.28. The van der Waals surface area contributed by atoms with Crippen molar-refractivity contribution in [1.29, 1.82) is 0 Å². The van der Waals surface area contributed by atoms with E-state index < -0.39 is 30.1 Å². The average molecular weight is 864 g/mol. The molecule has 2 aliphatic heterocycles. The topological polar surface area (TPSA) is 139 Å². The molecule has 3 amide bonds. The SMILES string of the molecule is Cc1nccc(-c2ccc(CC(NC(=O)[C@@H]3Cc4cc5c(cc4CN3C(=O)NC3CCCCC3)O[C@@H](c3ccc(OCc4ccc(Cl)c(Cl)c4)cc3)CO5)C(=O)O)cc2)c1C. The number of ether oxygens (including phenoxy) is 3. The smallest absolute Gasteiger partial charge is 0.326 e. The number of benzene rings is 4. The number of carbonyl (C=O) groups is 3. The number of pyridine rings is 1. The number of carbonyl (C=O) groups excluding carboxylic acids is 2. The lowest BCUT2D eigenvalue weighted by molar-refractivity contribution is -0.142. The molecule has 1 aliphatic carbocycles. The van der Waals surface area contributed by atoms with Crippen LogP contribution in [0.3, 0.4) is 0 Å². The monoisotopic (exact) mass is 862 g/mol. The molecule has 316 valence electrons. The second kappa shape index (κ2) is 18.5. The highest BCUT2D eigenvalue weighted by atomic mass is 35.5. The van der Waals surface area contributed by atoms with Gasteiger partial charge in [0.15, 0.2) is 17.6 Å². The number of rotatable bonds is 11. The number of aromatic nitrogens is 1. The highest BCUT2D eigenvalue weighted by Gasteiger charge is 2.38. The number of urea groups is 1. The van der Waals surface area contributed by atoms with Gasteiger partial charge in [-0.1, -0.05) is 84.9 Å². The Labute approximate surface area is 365 Å². The van der Waals surface area contributed by atoms with Gasteiger partial charge in [-0.2, -0.15) is 0 Å². The molecular formula is C48H48Cl2N4O7. The number of halogens is 2. The van der Waals surface area contributed by atoms with Crippen molar-refractivity contribution in [2.45, 2.75) is 96.2 Å². The van der Waals surface area contributed by atoms with E-state index in [1.165, 1.54) is 4.90 Å². The number of amides is 3. The molecule has 0 radical (unpaired) electrons. The number of carboxylic acid groups (broad SMARTS) is 1. The first-order valence-electron chi connectivity index (χ1n) is 20.7. The van der Waals surface area contributed by atoms with Crippen LogP contribution in [0.1, 0.15) is 77.3 Å². The van der Waals surface area contributed by atoms with Crippen LogP contribution < -0.4 is 24.8 Å². The summed E-state index contributed by atoms with van der Waals surface area (Å²) in [6.45, 7) is 4.71. The van der Waals surface area contributed by atoms with Crippen molar-refractivity contribution < 1.29 is 33.7 Å². The Morgan fingerprint density at radius 2 is 1.62 bits per heavy atom. The highest BCUT2D eigenvalue weighted by molar-refractivity contribution is 6.42. The molecule has 3 N–H and O–H groups in total. The highest BCUT2D eigenvalue weighted by Crippen LogP contribution is 2.41. The molecule has 1 aromatic heterocycles. The fourth-order valence-corrected chi connectivity index (χ4v) is 8.64. The van der Waals surface area contributed by atoms with Gasteiger partial charge in [0.25, 0.3) is 0 Å². The number of nitrogens with zero attached hydrogens (tertiary/aromatic N) is 2. The van der Waals surface area contributed by atoms with Crippen LogP contribution >= 0.6 is 23.2 Å². The molecular weight excluding hydrogens is 815 g/mol. The van der Waals surface area contributed by atoms with E-state index in [1.807, 2.05) is 86.6 Å². The second-order valence-corrected chi connectivity index (χ2v) is 16.9. The zero-order chi connectivity index (χ0) is 42.6. The Kier molecular flexibility index (Phi) is 12.7. The van der Waals surface area contributed by atoms with Gasteiger partial charge in [-0.05, 0) is 114 Å². The predicted octanol–water partition coefficient (Wildman–Crippen LogP) is 9.34. The minimum atomic E-state index is -1.21. The van der Waals surface area contributed by atoms with Crippen molar-refractivity contribution >= 4 is 41.1 Å². The van der Waals surface area contributed by atoms with E-state index in [-0.39, 0.29) is 38.1 Å². The van der Waals surface area contributed by atoms with Gasteiger partial charge in [-0.15, -0.1) is 0 Å². The number of carboxylic acids is 1. The predicted molar refractivity (Wildman–Crippen MR) is 233 cm³/mol. The first-order chi connectivity index (χ1) is 29.5. The lowest BCUT2D eigenvalue weighted by Crippen LogP contribution is -2.58. The number of aryl methyl sites for hydroxylation is 1. The van der Waals surface area contributed by atoms with Gasteiger partial charge in [-0.3, -0.25) is 9.78 Å². The number of hydrogen-bond acceptors (Lipinski definition) is 7. The summed E-state index contributed by atoms with van der Waals surface area (Å²) in [6.07, 6.45) is 6.56. The van der Waals surface area contributed by atoms with Crippen LogP contribution in [0.5, 0.6) is 17.2 Å². The van der Waals surface area contributed by atoms with E-state index in [9.17, 15) is 19.5 Å². The Morgan fingerprint density at radius 1 is 0.885 bits per heavy atom. The summed E-state index contributed by atoms with van der Waals surface area (Å²) in [4.78, 5) is 46.8. The van der Waals surface area contributed by atoms with Gasteiger partial charge in [0.2, 0.25) is 5.91 Å². The molecule has 0 spiro atoms. The molecule has 3 aliphatic rings. The number of fused-ring (bicyclic) bond motifs is 2. The lowest BCUT2D eigenvalue weighted by atomic mass is 9.92. The van der Waals surface area contributed by atoms with Crippen molar-refractivity contribution in [3.63, 3.8) is 0 Å². The van der Waals surface area contributed by atoms with Crippen molar-refractivity contribution in [2.75, 3.05) is 6.61 Å². The third kappa shape index (κ3) is 9.74. The molecule has 0 bridgehead atoms. The number of aliphatic carboxylic acids is 1. The fourth-order valence-electron chi connectivity index (χ4n) is 8.32. The normalized spacial score (nSPS) is 17.8. The van der Waals surface area contributed by atoms with Crippen molar-refractivity contribution in [2.24, 2.45) is 0 Å². The van der Waals surface area contributed by atoms with Gasteiger partial charge in [0.05, 0.1) is 10.0 Å². The Balaban J connectivity index is 0.969. The van der Waals surface area contributed by atoms with E-state index in [4.69, 9.17) is 37.4 Å². The maximum atomic E-state index is 14.2. The summed E-state index contributed by atoms with van der Waals surface area (Å²) in [5, 5.41) is 17.2. The van der Waals surface area contributed by atoms with E-state index in [0.717, 1.165) is 82.3 Å². The standard InChI is InChI=1S/C48H48Cl2N4O7/c1-28-29(2)51-19-18-38(28)32-11-8-30(9-12-32)21-41(47(56)57)53-46(55)42-22-34-23-43-44(24-35(34)25-54(42)48(58)52-36-6-4-3-5-7-36)61-45(27-60-43)33-13-15-37(16-14-33)59-26-31-10-17-39(49)40(50)20-31/h8-20,23-24,36,41-42,45H,3-7,21-22,25-27H2,1-2H3,(H,52,58)(H,53,55)(H,56,57)/t41?,42-,45+/m0/s1. The Bertz CT molecular complexity index is 2420. The van der Waals surface area contributed by atoms with Gasteiger partial charge in [-0.25, -0.2) is 9.59 Å². The number of hydrogen-bond donors (Lipinski definition) is 3.